The van der Waals surface area contributed by atoms with Crippen LogP contribution in [0.3, 0.4) is 0 Å². The quantitative estimate of drug-likeness (QED) is 0.832. The molecule has 0 amide bonds. The van der Waals surface area contributed by atoms with Crippen molar-refractivity contribution in [3.8, 4) is 11.4 Å². The number of hydrogen-bond donors (Lipinski definition) is 1. The first-order valence-corrected chi connectivity index (χ1v) is 6.66. The number of rotatable bonds is 2. The second kappa shape index (κ2) is 5.74. The van der Waals surface area contributed by atoms with Gasteiger partial charge in [-0.15, -0.1) is 0 Å². The molecule has 3 rings (SSSR count). The average molecular weight is 311 g/mol. The third-order valence-corrected chi connectivity index (χ3v) is 3.28. The summed E-state index contributed by atoms with van der Waals surface area (Å²) < 4.78 is 19.4. The van der Waals surface area contributed by atoms with Crippen molar-refractivity contribution >= 4 is 23.4 Å². The van der Waals surface area contributed by atoms with Crippen LogP contribution in [-0.4, -0.2) is 46.2 Å². The van der Waals surface area contributed by atoms with E-state index in [9.17, 15) is 4.39 Å². The van der Waals surface area contributed by atoms with Crippen molar-refractivity contribution in [1.29, 1.82) is 0 Å². The number of nitrogens with zero attached hydrogens (tertiary/aromatic N) is 5. The SMILES string of the molecule is Nc1ncc(-c2nc(Cl)c(F)c(N3CCOCC3)n2)cn1. The Labute approximate surface area is 125 Å². The van der Waals surface area contributed by atoms with Gasteiger partial charge in [-0.25, -0.2) is 19.9 Å². The summed E-state index contributed by atoms with van der Waals surface area (Å²) in [5.74, 6) is -0.0907. The van der Waals surface area contributed by atoms with E-state index in [4.69, 9.17) is 22.1 Å². The molecule has 110 valence electrons. The van der Waals surface area contributed by atoms with Gasteiger partial charge in [-0.1, -0.05) is 11.6 Å². The van der Waals surface area contributed by atoms with Crippen LogP contribution in [-0.2, 0) is 4.74 Å². The van der Waals surface area contributed by atoms with Crippen LogP contribution >= 0.6 is 11.6 Å². The zero-order valence-electron chi connectivity index (χ0n) is 11.0. The number of anilines is 2. The Balaban J connectivity index is 2.02. The van der Waals surface area contributed by atoms with Gasteiger partial charge in [-0.2, -0.15) is 4.39 Å². The van der Waals surface area contributed by atoms with Crippen LogP contribution < -0.4 is 10.6 Å². The number of aromatic nitrogens is 4. The molecule has 1 saturated heterocycles. The molecule has 1 aliphatic heterocycles. The van der Waals surface area contributed by atoms with Crippen LogP contribution in [0.5, 0.6) is 0 Å². The predicted octanol–water partition coefficient (Wildman–Crippen LogP) is 1.14. The summed E-state index contributed by atoms with van der Waals surface area (Å²) in [6.07, 6.45) is 2.93. The Morgan fingerprint density at radius 3 is 2.52 bits per heavy atom. The highest BCUT2D eigenvalue weighted by Gasteiger charge is 2.21. The molecular formula is C12H12ClFN6O. The molecule has 0 aliphatic carbocycles. The van der Waals surface area contributed by atoms with E-state index in [-0.39, 0.29) is 22.7 Å². The van der Waals surface area contributed by atoms with Gasteiger partial charge in [0.1, 0.15) is 0 Å². The topological polar surface area (TPSA) is 90.0 Å². The summed E-state index contributed by atoms with van der Waals surface area (Å²) >= 11 is 5.87. The summed E-state index contributed by atoms with van der Waals surface area (Å²) in [5, 5.41) is -0.238. The van der Waals surface area contributed by atoms with Crippen molar-refractivity contribution in [3.05, 3.63) is 23.4 Å². The highest BCUT2D eigenvalue weighted by atomic mass is 35.5. The van der Waals surface area contributed by atoms with Crippen molar-refractivity contribution in [1.82, 2.24) is 19.9 Å². The van der Waals surface area contributed by atoms with Crippen molar-refractivity contribution in [2.24, 2.45) is 0 Å². The monoisotopic (exact) mass is 310 g/mol. The summed E-state index contributed by atoms with van der Waals surface area (Å²) in [6, 6.07) is 0. The lowest BCUT2D eigenvalue weighted by molar-refractivity contribution is 0.122. The summed E-state index contributed by atoms with van der Waals surface area (Å²) in [7, 11) is 0. The van der Waals surface area contributed by atoms with Gasteiger partial charge in [0, 0.05) is 25.5 Å². The van der Waals surface area contributed by atoms with Crippen molar-refractivity contribution in [3.63, 3.8) is 0 Å². The predicted molar refractivity (Wildman–Crippen MR) is 75.5 cm³/mol. The third-order valence-electron chi connectivity index (χ3n) is 3.03. The Hall–Kier alpha value is -2.06. The number of ether oxygens (including phenoxy) is 1. The standard InChI is InChI=1S/C12H12ClFN6O/c13-9-8(14)11(20-1-3-21-4-2-20)19-10(18-9)7-5-16-12(15)17-6-7/h5-6H,1-4H2,(H2,15,16,17). The molecule has 0 atom stereocenters. The fraction of sp³-hybridized carbons (Fsp3) is 0.333. The lowest BCUT2D eigenvalue weighted by Crippen LogP contribution is -2.37. The number of nitrogens with two attached hydrogens (primary N) is 1. The summed E-state index contributed by atoms with van der Waals surface area (Å²) in [6.45, 7) is 2.12. The van der Waals surface area contributed by atoms with Gasteiger partial charge in [0.25, 0.3) is 0 Å². The number of hydrogen-bond acceptors (Lipinski definition) is 7. The van der Waals surface area contributed by atoms with Gasteiger partial charge in [0.15, 0.2) is 16.8 Å². The molecule has 0 unspecified atom stereocenters. The molecule has 7 nitrogen and oxygen atoms in total. The number of morpholine rings is 1. The average Bonchev–Trinajstić information content (AvgIpc) is 2.51. The lowest BCUT2D eigenvalue weighted by Gasteiger charge is -2.28. The zero-order chi connectivity index (χ0) is 14.8. The fourth-order valence-electron chi connectivity index (χ4n) is 1.98. The van der Waals surface area contributed by atoms with Gasteiger partial charge in [0.2, 0.25) is 11.8 Å². The van der Waals surface area contributed by atoms with Crippen LogP contribution in [0.4, 0.5) is 16.2 Å². The Bertz CT molecular complexity index is 647. The van der Waals surface area contributed by atoms with E-state index in [1.807, 2.05) is 0 Å². The van der Waals surface area contributed by atoms with Crippen molar-refractivity contribution < 1.29 is 9.13 Å². The maximum atomic E-state index is 14.2. The van der Waals surface area contributed by atoms with Crippen LogP contribution in [0.2, 0.25) is 5.15 Å². The van der Waals surface area contributed by atoms with Crippen molar-refractivity contribution in [2.45, 2.75) is 0 Å². The highest BCUT2D eigenvalue weighted by Crippen LogP contribution is 2.26. The molecule has 0 saturated carbocycles. The molecular weight excluding hydrogens is 299 g/mol. The normalized spacial score (nSPS) is 15.2. The first kappa shape index (κ1) is 13.9. The van der Waals surface area contributed by atoms with Crippen LogP contribution in [0.1, 0.15) is 0 Å². The van der Waals surface area contributed by atoms with E-state index in [0.29, 0.717) is 31.9 Å². The van der Waals surface area contributed by atoms with Crippen molar-refractivity contribution in [2.75, 3.05) is 36.9 Å². The maximum absolute atomic E-state index is 14.2. The molecule has 21 heavy (non-hydrogen) atoms. The van der Waals surface area contributed by atoms with E-state index in [1.54, 1.807) is 4.90 Å². The number of nitrogen functional groups attached to an aromatic ring is 1. The smallest absolute Gasteiger partial charge is 0.219 e. The Kier molecular flexibility index (Phi) is 3.80. The summed E-state index contributed by atoms with van der Waals surface area (Å²) in [5.41, 5.74) is 5.95. The largest absolute Gasteiger partial charge is 0.378 e. The zero-order valence-corrected chi connectivity index (χ0v) is 11.7. The molecule has 0 radical (unpaired) electrons. The lowest BCUT2D eigenvalue weighted by atomic mass is 10.3. The molecule has 1 aliphatic rings. The van der Waals surface area contributed by atoms with Crippen LogP contribution in [0.15, 0.2) is 12.4 Å². The number of halogens is 2. The molecule has 3 heterocycles. The molecule has 2 aromatic heterocycles. The van der Waals surface area contributed by atoms with Crippen LogP contribution in [0, 0.1) is 5.82 Å². The highest BCUT2D eigenvalue weighted by molar-refractivity contribution is 6.29. The molecule has 9 heteroatoms. The second-order valence-electron chi connectivity index (χ2n) is 4.40. The van der Waals surface area contributed by atoms with E-state index >= 15 is 0 Å². The van der Waals surface area contributed by atoms with Crippen LogP contribution in [0.25, 0.3) is 11.4 Å². The second-order valence-corrected chi connectivity index (χ2v) is 4.76. The Morgan fingerprint density at radius 2 is 1.86 bits per heavy atom. The van der Waals surface area contributed by atoms with E-state index in [2.05, 4.69) is 19.9 Å². The molecule has 0 aromatic carbocycles. The fourth-order valence-corrected chi connectivity index (χ4v) is 2.14. The van der Waals surface area contributed by atoms with E-state index < -0.39 is 5.82 Å². The molecule has 2 aromatic rings. The minimum Gasteiger partial charge on any atom is -0.378 e. The van der Waals surface area contributed by atoms with E-state index in [0.717, 1.165) is 0 Å². The third kappa shape index (κ3) is 2.86. The molecule has 0 bridgehead atoms. The van der Waals surface area contributed by atoms with Gasteiger partial charge in [-0.05, 0) is 0 Å². The molecule has 2 N–H and O–H groups in total. The molecule has 0 spiro atoms. The van der Waals surface area contributed by atoms with Gasteiger partial charge in [0.05, 0.1) is 18.8 Å². The van der Waals surface area contributed by atoms with E-state index in [1.165, 1.54) is 12.4 Å². The first-order valence-electron chi connectivity index (χ1n) is 6.29. The maximum Gasteiger partial charge on any atom is 0.219 e. The summed E-state index contributed by atoms with van der Waals surface area (Å²) in [4.78, 5) is 17.7. The first-order chi connectivity index (χ1) is 10.1. The van der Waals surface area contributed by atoms with Gasteiger partial charge in [-0.3, -0.25) is 0 Å². The minimum absolute atomic E-state index is 0.139. The Morgan fingerprint density at radius 1 is 1.19 bits per heavy atom. The molecule has 1 fully saturated rings. The van der Waals surface area contributed by atoms with Gasteiger partial charge < -0.3 is 15.4 Å². The van der Waals surface area contributed by atoms with Gasteiger partial charge >= 0.3 is 0 Å². The minimum atomic E-state index is -0.640.